The molecular weight excluding hydrogens is 224 g/mol. The van der Waals surface area contributed by atoms with Crippen LogP contribution >= 0.6 is 0 Å². The Labute approximate surface area is 109 Å². The van der Waals surface area contributed by atoms with Crippen molar-refractivity contribution < 1.29 is 0 Å². The van der Waals surface area contributed by atoms with Crippen LogP contribution in [0, 0.1) is 18.3 Å². The normalized spacial score (nSPS) is 19.2. The molecule has 1 aromatic rings. The molecule has 0 aromatic carbocycles. The summed E-state index contributed by atoms with van der Waals surface area (Å²) in [7, 11) is 1.92. The van der Waals surface area contributed by atoms with E-state index >= 15 is 0 Å². The van der Waals surface area contributed by atoms with Gasteiger partial charge in [-0.3, -0.25) is 10.00 Å². The topological polar surface area (TPSA) is 53.6 Å². The molecular formula is C14H22N4. The SMILES string of the molecule is Cc1c(C(C#N)NC2CCCCCC2)cnn1C. The molecule has 0 amide bonds. The van der Waals surface area contributed by atoms with E-state index in [2.05, 4.69) is 16.5 Å². The van der Waals surface area contributed by atoms with Gasteiger partial charge in [0.1, 0.15) is 6.04 Å². The molecule has 1 aromatic heterocycles. The summed E-state index contributed by atoms with van der Waals surface area (Å²) in [6.07, 6.45) is 9.42. The van der Waals surface area contributed by atoms with Gasteiger partial charge in [0.05, 0.1) is 12.3 Å². The maximum atomic E-state index is 9.36. The fraction of sp³-hybridized carbons (Fsp3) is 0.714. The van der Waals surface area contributed by atoms with Crippen LogP contribution in [0.5, 0.6) is 0 Å². The smallest absolute Gasteiger partial charge is 0.124 e. The van der Waals surface area contributed by atoms with E-state index in [0.29, 0.717) is 6.04 Å². The molecule has 0 aliphatic heterocycles. The molecule has 4 nitrogen and oxygen atoms in total. The van der Waals surface area contributed by atoms with Crippen molar-refractivity contribution in [3.8, 4) is 6.07 Å². The molecule has 1 heterocycles. The fourth-order valence-electron chi connectivity index (χ4n) is 2.68. The lowest BCUT2D eigenvalue weighted by molar-refractivity contribution is 0.436. The zero-order chi connectivity index (χ0) is 13.0. The molecule has 2 rings (SSSR count). The summed E-state index contributed by atoms with van der Waals surface area (Å²) in [6.45, 7) is 2.02. The van der Waals surface area contributed by atoms with Crippen LogP contribution in [-0.4, -0.2) is 15.8 Å². The first-order chi connectivity index (χ1) is 8.72. The van der Waals surface area contributed by atoms with Gasteiger partial charge >= 0.3 is 0 Å². The number of nitriles is 1. The van der Waals surface area contributed by atoms with Crippen LogP contribution in [0.1, 0.15) is 55.8 Å². The number of rotatable bonds is 3. The maximum absolute atomic E-state index is 9.36. The number of aromatic nitrogens is 2. The quantitative estimate of drug-likeness (QED) is 0.834. The van der Waals surface area contributed by atoms with E-state index in [1.54, 1.807) is 0 Å². The van der Waals surface area contributed by atoms with Gasteiger partial charge in [-0.25, -0.2) is 0 Å². The Morgan fingerprint density at radius 1 is 1.39 bits per heavy atom. The Balaban J connectivity index is 2.05. The van der Waals surface area contributed by atoms with Crippen molar-refractivity contribution in [3.63, 3.8) is 0 Å². The molecule has 1 fully saturated rings. The Bertz CT molecular complexity index is 421. The predicted octanol–water partition coefficient (Wildman–Crippen LogP) is 2.61. The summed E-state index contributed by atoms with van der Waals surface area (Å²) in [5.74, 6) is 0. The lowest BCUT2D eigenvalue weighted by atomic mass is 10.0. The molecule has 0 radical (unpaired) electrons. The van der Waals surface area contributed by atoms with Crippen LogP contribution in [0.25, 0.3) is 0 Å². The minimum atomic E-state index is -0.221. The summed E-state index contributed by atoms with van der Waals surface area (Å²) >= 11 is 0. The minimum absolute atomic E-state index is 0.221. The van der Waals surface area contributed by atoms with Crippen molar-refractivity contribution in [2.75, 3.05) is 0 Å². The summed E-state index contributed by atoms with van der Waals surface area (Å²) in [6, 6.07) is 2.64. The second-order valence-electron chi connectivity index (χ2n) is 5.23. The van der Waals surface area contributed by atoms with Crippen LogP contribution in [0.3, 0.4) is 0 Å². The average Bonchev–Trinajstić information content (AvgIpc) is 2.61. The minimum Gasteiger partial charge on any atom is -0.295 e. The van der Waals surface area contributed by atoms with E-state index in [1.165, 1.54) is 38.5 Å². The van der Waals surface area contributed by atoms with E-state index in [0.717, 1.165) is 11.3 Å². The fourth-order valence-corrected chi connectivity index (χ4v) is 2.68. The van der Waals surface area contributed by atoms with Crippen molar-refractivity contribution in [3.05, 3.63) is 17.5 Å². The Morgan fingerprint density at radius 3 is 2.56 bits per heavy atom. The molecule has 1 N–H and O–H groups in total. The van der Waals surface area contributed by atoms with Gasteiger partial charge in [0.2, 0.25) is 0 Å². The highest BCUT2D eigenvalue weighted by Gasteiger charge is 2.20. The summed E-state index contributed by atoms with van der Waals surface area (Å²) < 4.78 is 1.83. The molecule has 1 saturated carbocycles. The van der Waals surface area contributed by atoms with E-state index < -0.39 is 0 Å². The third-order valence-electron chi connectivity index (χ3n) is 3.97. The standard InChI is InChI=1S/C14H22N4/c1-11-13(10-16-18(11)2)14(9-15)17-12-7-5-3-4-6-8-12/h10,12,14,17H,3-8H2,1-2H3. The van der Waals surface area contributed by atoms with Gasteiger partial charge in [-0.2, -0.15) is 10.4 Å². The first-order valence-corrected chi connectivity index (χ1v) is 6.86. The highest BCUT2D eigenvalue weighted by molar-refractivity contribution is 5.25. The van der Waals surface area contributed by atoms with Gasteiger partial charge in [0.15, 0.2) is 0 Å². The lowest BCUT2D eigenvalue weighted by Gasteiger charge is -2.20. The van der Waals surface area contributed by atoms with Crippen molar-refractivity contribution in [2.24, 2.45) is 7.05 Å². The predicted molar refractivity (Wildman–Crippen MR) is 70.9 cm³/mol. The summed E-state index contributed by atoms with van der Waals surface area (Å²) in [5, 5.41) is 17.1. The molecule has 0 spiro atoms. The van der Waals surface area contributed by atoms with Gasteiger partial charge < -0.3 is 0 Å². The van der Waals surface area contributed by atoms with E-state index in [9.17, 15) is 5.26 Å². The van der Waals surface area contributed by atoms with Crippen LogP contribution in [0.4, 0.5) is 0 Å². The zero-order valence-electron chi connectivity index (χ0n) is 11.3. The van der Waals surface area contributed by atoms with Crippen LogP contribution in [0.2, 0.25) is 0 Å². The van der Waals surface area contributed by atoms with Crippen molar-refractivity contribution in [2.45, 2.75) is 57.5 Å². The van der Waals surface area contributed by atoms with Crippen LogP contribution in [-0.2, 0) is 7.05 Å². The van der Waals surface area contributed by atoms with E-state index in [4.69, 9.17) is 0 Å². The van der Waals surface area contributed by atoms with Crippen molar-refractivity contribution in [1.29, 1.82) is 5.26 Å². The molecule has 0 saturated heterocycles. The first kappa shape index (κ1) is 13.1. The van der Waals surface area contributed by atoms with Crippen LogP contribution in [0.15, 0.2) is 6.20 Å². The molecule has 0 bridgehead atoms. The average molecular weight is 246 g/mol. The summed E-state index contributed by atoms with van der Waals surface area (Å²) in [4.78, 5) is 0. The van der Waals surface area contributed by atoms with Crippen molar-refractivity contribution >= 4 is 0 Å². The molecule has 1 unspecified atom stereocenters. The number of nitrogens with one attached hydrogen (secondary N) is 1. The van der Waals surface area contributed by atoms with E-state index in [-0.39, 0.29) is 6.04 Å². The van der Waals surface area contributed by atoms with Gasteiger partial charge in [0, 0.05) is 24.3 Å². The molecule has 4 heteroatoms. The second kappa shape index (κ2) is 6.01. The highest BCUT2D eigenvalue weighted by Crippen LogP contribution is 2.22. The monoisotopic (exact) mass is 246 g/mol. The third-order valence-corrected chi connectivity index (χ3v) is 3.97. The lowest BCUT2D eigenvalue weighted by Crippen LogP contribution is -2.32. The number of nitrogens with zero attached hydrogens (tertiary/aromatic N) is 3. The number of hydrogen-bond acceptors (Lipinski definition) is 3. The second-order valence-corrected chi connectivity index (χ2v) is 5.23. The van der Waals surface area contributed by atoms with Gasteiger partial charge in [-0.05, 0) is 19.8 Å². The van der Waals surface area contributed by atoms with Gasteiger partial charge in [0.25, 0.3) is 0 Å². The van der Waals surface area contributed by atoms with Crippen molar-refractivity contribution in [1.82, 2.24) is 15.1 Å². The largest absolute Gasteiger partial charge is 0.295 e. The third kappa shape index (κ3) is 2.91. The van der Waals surface area contributed by atoms with Gasteiger partial charge in [-0.15, -0.1) is 0 Å². The maximum Gasteiger partial charge on any atom is 0.124 e. The molecule has 1 atom stereocenters. The summed E-state index contributed by atoms with van der Waals surface area (Å²) in [5.41, 5.74) is 2.09. The Kier molecular flexibility index (Phi) is 4.38. The highest BCUT2D eigenvalue weighted by atomic mass is 15.3. The van der Waals surface area contributed by atoms with Gasteiger partial charge in [-0.1, -0.05) is 25.7 Å². The molecule has 1 aliphatic rings. The van der Waals surface area contributed by atoms with E-state index in [1.807, 2.05) is 24.9 Å². The van der Waals surface area contributed by atoms with Crippen LogP contribution < -0.4 is 5.32 Å². The first-order valence-electron chi connectivity index (χ1n) is 6.86. The number of aryl methyl sites for hydroxylation is 1. The zero-order valence-corrected chi connectivity index (χ0v) is 11.3. The molecule has 18 heavy (non-hydrogen) atoms. The molecule has 1 aliphatic carbocycles. The number of hydrogen-bond donors (Lipinski definition) is 1. The Morgan fingerprint density at radius 2 is 2.06 bits per heavy atom. The Hall–Kier alpha value is -1.34. The molecule has 98 valence electrons.